The second kappa shape index (κ2) is 4.53. The molecule has 0 fully saturated rings. The minimum Gasteiger partial charge on any atom is -0.443 e. The number of esters is 1. The second-order valence-corrected chi connectivity index (χ2v) is 3.85. The Bertz CT molecular complexity index is 751. The predicted octanol–water partition coefficient (Wildman–Crippen LogP) is 3.19. The van der Waals surface area contributed by atoms with Crippen LogP contribution in [0.15, 0.2) is 53.3 Å². The summed E-state index contributed by atoms with van der Waals surface area (Å²) in [5.41, 5.74) is 1.05. The molecular formula is C14H8FNO3. The summed E-state index contributed by atoms with van der Waals surface area (Å²) >= 11 is 0. The fourth-order valence-electron chi connectivity index (χ4n) is 1.69. The van der Waals surface area contributed by atoms with Crippen LogP contribution in [0.1, 0.15) is 10.4 Å². The first-order valence-electron chi connectivity index (χ1n) is 5.54. The number of carbonyl (C=O) groups excluding carboxylic acids is 1. The molecule has 0 amide bonds. The van der Waals surface area contributed by atoms with Gasteiger partial charge in [-0.2, -0.15) is 0 Å². The first kappa shape index (κ1) is 11.4. The van der Waals surface area contributed by atoms with Gasteiger partial charge in [0.05, 0.1) is 5.56 Å². The Hall–Kier alpha value is -2.69. The topological polar surface area (TPSA) is 52.3 Å². The van der Waals surface area contributed by atoms with E-state index in [1.54, 1.807) is 24.3 Å². The van der Waals surface area contributed by atoms with E-state index in [1.165, 1.54) is 24.6 Å². The van der Waals surface area contributed by atoms with Gasteiger partial charge in [0.15, 0.2) is 12.0 Å². The van der Waals surface area contributed by atoms with Crippen molar-refractivity contribution in [1.82, 2.24) is 4.98 Å². The summed E-state index contributed by atoms with van der Waals surface area (Å²) < 4.78 is 23.6. The summed E-state index contributed by atoms with van der Waals surface area (Å²) in [4.78, 5) is 15.7. The maximum absolute atomic E-state index is 13.4. The molecule has 5 heteroatoms. The highest BCUT2D eigenvalue weighted by molar-refractivity contribution is 5.91. The van der Waals surface area contributed by atoms with Gasteiger partial charge in [0.25, 0.3) is 0 Å². The Balaban J connectivity index is 1.88. The fraction of sp³-hybridized carbons (Fsp3) is 0. The minimum atomic E-state index is -0.749. The van der Waals surface area contributed by atoms with Crippen LogP contribution >= 0.6 is 0 Å². The third-order valence-electron chi connectivity index (χ3n) is 2.61. The van der Waals surface area contributed by atoms with Gasteiger partial charge in [0, 0.05) is 6.07 Å². The maximum Gasteiger partial charge on any atom is 0.346 e. The van der Waals surface area contributed by atoms with Crippen LogP contribution in [0.5, 0.6) is 5.75 Å². The summed E-state index contributed by atoms with van der Waals surface area (Å²) in [5, 5.41) is 0. The number of oxazole rings is 1. The summed E-state index contributed by atoms with van der Waals surface area (Å²) in [6, 6.07) is 10.4. The van der Waals surface area contributed by atoms with Crippen LogP contribution < -0.4 is 4.74 Å². The maximum atomic E-state index is 13.4. The van der Waals surface area contributed by atoms with Gasteiger partial charge in [-0.15, -0.1) is 0 Å². The molecule has 2 aromatic carbocycles. The third-order valence-corrected chi connectivity index (χ3v) is 2.61. The highest BCUT2D eigenvalue weighted by Gasteiger charge is 2.13. The fourth-order valence-corrected chi connectivity index (χ4v) is 1.69. The number of nitrogens with zero attached hydrogens (tertiary/aromatic N) is 1. The molecule has 0 unspecified atom stereocenters. The first-order chi connectivity index (χ1) is 9.24. The lowest BCUT2D eigenvalue weighted by Crippen LogP contribution is -2.10. The van der Waals surface area contributed by atoms with E-state index in [-0.39, 0.29) is 11.3 Å². The highest BCUT2D eigenvalue weighted by Crippen LogP contribution is 2.20. The zero-order valence-corrected chi connectivity index (χ0v) is 9.67. The van der Waals surface area contributed by atoms with Gasteiger partial charge in [0.2, 0.25) is 0 Å². The summed E-state index contributed by atoms with van der Waals surface area (Å²) in [6.45, 7) is 0. The standard InChI is InChI=1S/C14H8FNO3/c15-11-4-2-1-3-10(11)14(17)19-9-5-6-13-12(7-9)16-8-18-13/h1-8H. The van der Waals surface area contributed by atoms with Crippen LogP contribution in [0.2, 0.25) is 0 Å². The Labute approximate surface area is 107 Å². The Morgan fingerprint density at radius 2 is 2.05 bits per heavy atom. The summed E-state index contributed by atoms with van der Waals surface area (Å²) in [5.74, 6) is -1.08. The molecular weight excluding hydrogens is 249 g/mol. The van der Waals surface area contributed by atoms with Gasteiger partial charge in [-0.05, 0) is 24.3 Å². The minimum absolute atomic E-state index is 0.109. The molecule has 0 spiro atoms. The number of ether oxygens (including phenoxy) is 1. The van der Waals surface area contributed by atoms with E-state index in [1.807, 2.05) is 0 Å². The number of aromatic nitrogens is 1. The monoisotopic (exact) mass is 257 g/mol. The molecule has 0 bridgehead atoms. The molecule has 1 heterocycles. The van der Waals surface area contributed by atoms with Gasteiger partial charge in [-0.1, -0.05) is 12.1 Å². The molecule has 0 aliphatic carbocycles. The van der Waals surface area contributed by atoms with Crippen LogP contribution in [-0.4, -0.2) is 11.0 Å². The van der Waals surface area contributed by atoms with E-state index >= 15 is 0 Å². The molecule has 3 aromatic rings. The van der Waals surface area contributed by atoms with Crippen LogP contribution in [-0.2, 0) is 0 Å². The van der Waals surface area contributed by atoms with E-state index in [4.69, 9.17) is 9.15 Å². The smallest absolute Gasteiger partial charge is 0.346 e. The SMILES string of the molecule is O=C(Oc1ccc2ocnc2c1)c1ccccc1F. The van der Waals surface area contributed by atoms with Gasteiger partial charge in [0.1, 0.15) is 17.1 Å². The molecule has 0 atom stereocenters. The molecule has 0 aliphatic rings. The van der Waals surface area contributed by atoms with Crippen LogP contribution in [0.3, 0.4) is 0 Å². The lowest BCUT2D eigenvalue weighted by molar-refractivity contribution is 0.0730. The van der Waals surface area contributed by atoms with Crippen molar-refractivity contribution in [2.45, 2.75) is 0 Å². The lowest BCUT2D eigenvalue weighted by Gasteiger charge is -2.04. The molecule has 0 aliphatic heterocycles. The third kappa shape index (κ3) is 2.18. The van der Waals surface area contributed by atoms with Crippen LogP contribution in [0.4, 0.5) is 4.39 Å². The largest absolute Gasteiger partial charge is 0.443 e. The van der Waals surface area contributed by atoms with Gasteiger partial charge >= 0.3 is 5.97 Å². The molecule has 0 saturated heterocycles. The van der Waals surface area contributed by atoms with Crippen molar-refractivity contribution in [2.75, 3.05) is 0 Å². The highest BCUT2D eigenvalue weighted by atomic mass is 19.1. The van der Waals surface area contributed by atoms with Gasteiger partial charge in [-0.3, -0.25) is 0 Å². The Morgan fingerprint density at radius 3 is 2.89 bits per heavy atom. The average molecular weight is 257 g/mol. The molecule has 0 N–H and O–H groups in total. The Morgan fingerprint density at radius 1 is 1.21 bits per heavy atom. The van der Waals surface area contributed by atoms with E-state index in [0.717, 1.165) is 0 Å². The number of halogens is 1. The molecule has 0 saturated carbocycles. The normalized spacial score (nSPS) is 10.6. The van der Waals surface area contributed by atoms with Gasteiger partial charge < -0.3 is 9.15 Å². The van der Waals surface area contributed by atoms with Crippen molar-refractivity contribution in [3.8, 4) is 5.75 Å². The van der Waals surface area contributed by atoms with Crippen LogP contribution in [0.25, 0.3) is 11.1 Å². The zero-order chi connectivity index (χ0) is 13.2. The average Bonchev–Trinajstić information content (AvgIpc) is 2.86. The number of hydrogen-bond acceptors (Lipinski definition) is 4. The second-order valence-electron chi connectivity index (χ2n) is 3.85. The number of fused-ring (bicyclic) bond motifs is 1. The lowest BCUT2D eigenvalue weighted by atomic mass is 10.2. The first-order valence-corrected chi connectivity index (χ1v) is 5.54. The molecule has 1 aromatic heterocycles. The number of benzene rings is 2. The molecule has 94 valence electrons. The molecule has 4 nitrogen and oxygen atoms in total. The predicted molar refractivity (Wildman–Crippen MR) is 65.4 cm³/mol. The summed E-state index contributed by atoms with van der Waals surface area (Å²) in [7, 11) is 0. The molecule has 19 heavy (non-hydrogen) atoms. The quantitative estimate of drug-likeness (QED) is 0.522. The summed E-state index contributed by atoms with van der Waals surface area (Å²) in [6.07, 6.45) is 1.30. The van der Waals surface area contributed by atoms with Gasteiger partial charge in [-0.25, -0.2) is 14.2 Å². The van der Waals surface area contributed by atoms with E-state index in [9.17, 15) is 9.18 Å². The van der Waals surface area contributed by atoms with Crippen molar-refractivity contribution in [2.24, 2.45) is 0 Å². The van der Waals surface area contributed by atoms with Crippen molar-refractivity contribution < 1.29 is 18.3 Å². The van der Waals surface area contributed by atoms with E-state index < -0.39 is 11.8 Å². The zero-order valence-electron chi connectivity index (χ0n) is 9.67. The van der Waals surface area contributed by atoms with E-state index in [0.29, 0.717) is 11.1 Å². The molecule has 3 rings (SSSR count). The number of hydrogen-bond donors (Lipinski definition) is 0. The Kier molecular flexibility index (Phi) is 2.72. The van der Waals surface area contributed by atoms with E-state index in [2.05, 4.69) is 4.98 Å². The van der Waals surface area contributed by atoms with Crippen molar-refractivity contribution >= 4 is 17.1 Å². The number of carbonyl (C=O) groups is 1. The number of rotatable bonds is 2. The van der Waals surface area contributed by atoms with Crippen LogP contribution in [0, 0.1) is 5.82 Å². The molecule has 0 radical (unpaired) electrons. The van der Waals surface area contributed by atoms with Crippen molar-refractivity contribution in [1.29, 1.82) is 0 Å². The van der Waals surface area contributed by atoms with Crippen molar-refractivity contribution in [3.05, 3.63) is 60.2 Å². The van der Waals surface area contributed by atoms with Crippen molar-refractivity contribution in [3.63, 3.8) is 0 Å².